The van der Waals surface area contributed by atoms with Crippen LogP contribution in [0.3, 0.4) is 0 Å². The third-order valence-corrected chi connectivity index (χ3v) is 2.48. The summed E-state index contributed by atoms with van der Waals surface area (Å²) in [5.74, 6) is 0. The molecule has 0 N–H and O–H groups in total. The smallest absolute Gasteiger partial charge is 0.0404 e. The van der Waals surface area contributed by atoms with Crippen molar-refractivity contribution in [1.82, 2.24) is 4.98 Å². The number of aromatic nitrogens is 1. The van der Waals surface area contributed by atoms with Gasteiger partial charge in [-0.25, -0.2) is 0 Å². The summed E-state index contributed by atoms with van der Waals surface area (Å²) in [5.41, 5.74) is 3.74. The van der Waals surface area contributed by atoms with Crippen LogP contribution in [0.25, 0.3) is 0 Å². The van der Waals surface area contributed by atoms with Crippen LogP contribution in [0, 0.1) is 13.8 Å². The minimum atomic E-state index is 1.12. The third kappa shape index (κ3) is 1.45. The van der Waals surface area contributed by atoms with E-state index in [1.165, 1.54) is 27.5 Å². The predicted octanol–water partition coefficient (Wildman–Crippen LogP) is 0.564. The van der Waals surface area contributed by atoms with Gasteiger partial charge < -0.3 is 0 Å². The summed E-state index contributed by atoms with van der Waals surface area (Å²) >= 11 is 0. The molecule has 1 aromatic heterocycles. The molecule has 0 aliphatic rings. The molecular formula is C8H13NSi. The maximum absolute atomic E-state index is 4.37. The molecule has 0 saturated heterocycles. The van der Waals surface area contributed by atoms with E-state index in [9.17, 15) is 0 Å². The molecule has 0 aromatic carbocycles. The van der Waals surface area contributed by atoms with Crippen molar-refractivity contribution in [3.05, 3.63) is 29.1 Å². The van der Waals surface area contributed by atoms with E-state index < -0.39 is 0 Å². The minimum Gasteiger partial charge on any atom is -0.258 e. The van der Waals surface area contributed by atoms with Gasteiger partial charge in [-0.1, -0.05) is 6.07 Å². The van der Waals surface area contributed by atoms with E-state index in [1.807, 2.05) is 6.92 Å². The number of nitrogens with zero attached hydrogens (tertiary/aromatic N) is 1. The van der Waals surface area contributed by atoms with E-state index in [0.717, 1.165) is 5.69 Å². The van der Waals surface area contributed by atoms with Gasteiger partial charge in [0.1, 0.15) is 0 Å². The fourth-order valence-corrected chi connectivity index (χ4v) is 1.84. The zero-order valence-electron chi connectivity index (χ0n) is 6.81. The topological polar surface area (TPSA) is 12.9 Å². The van der Waals surface area contributed by atoms with Crippen LogP contribution >= 0.6 is 0 Å². The summed E-state index contributed by atoms with van der Waals surface area (Å²) in [4.78, 5) is 4.37. The van der Waals surface area contributed by atoms with Gasteiger partial charge in [0.05, 0.1) is 0 Å². The van der Waals surface area contributed by atoms with Gasteiger partial charge in [-0.3, -0.25) is 4.98 Å². The maximum Gasteiger partial charge on any atom is 0.0404 e. The summed E-state index contributed by atoms with van der Waals surface area (Å²) in [6.45, 7) is 4.12. The first-order chi connectivity index (χ1) is 4.74. The molecule has 0 fully saturated rings. The largest absolute Gasteiger partial charge is 0.258 e. The lowest BCUT2D eigenvalue weighted by Gasteiger charge is -2.01. The average Bonchev–Trinajstić information content (AvgIpc) is 1.88. The van der Waals surface area contributed by atoms with Crippen molar-refractivity contribution < 1.29 is 0 Å². The lowest BCUT2D eigenvalue weighted by atomic mass is 10.2. The van der Waals surface area contributed by atoms with E-state index in [-0.39, 0.29) is 0 Å². The number of hydrogen-bond donors (Lipinski definition) is 0. The Morgan fingerprint density at radius 3 is 2.60 bits per heavy atom. The van der Waals surface area contributed by atoms with E-state index in [0.29, 0.717) is 0 Å². The van der Waals surface area contributed by atoms with Crippen LogP contribution in [0.1, 0.15) is 17.0 Å². The SMILES string of the molecule is Cc1ccc(C[SiH3])c(C)n1. The molecule has 0 unspecified atom stereocenters. The van der Waals surface area contributed by atoms with Gasteiger partial charge in [-0.15, -0.1) is 0 Å². The molecular weight excluding hydrogens is 138 g/mol. The lowest BCUT2D eigenvalue weighted by Crippen LogP contribution is -1.93. The van der Waals surface area contributed by atoms with Crippen LogP contribution in [0.15, 0.2) is 12.1 Å². The Kier molecular flexibility index (Phi) is 2.22. The minimum absolute atomic E-state index is 1.12. The van der Waals surface area contributed by atoms with E-state index in [2.05, 4.69) is 24.0 Å². The Bertz CT molecular complexity index is 233. The molecule has 10 heavy (non-hydrogen) atoms. The Morgan fingerprint density at radius 1 is 1.40 bits per heavy atom. The lowest BCUT2D eigenvalue weighted by molar-refractivity contribution is 1.08. The first-order valence-electron chi connectivity index (χ1n) is 3.67. The van der Waals surface area contributed by atoms with Crippen molar-refractivity contribution in [2.75, 3.05) is 0 Å². The second-order valence-electron chi connectivity index (χ2n) is 2.55. The zero-order chi connectivity index (χ0) is 7.56. The highest BCUT2D eigenvalue weighted by Gasteiger charge is 1.94. The van der Waals surface area contributed by atoms with Crippen molar-refractivity contribution in [2.45, 2.75) is 19.9 Å². The summed E-state index contributed by atoms with van der Waals surface area (Å²) in [6, 6.07) is 5.49. The maximum atomic E-state index is 4.37. The molecule has 54 valence electrons. The van der Waals surface area contributed by atoms with Crippen LogP contribution in [0.2, 0.25) is 0 Å². The van der Waals surface area contributed by atoms with Crippen molar-refractivity contribution in [3.8, 4) is 0 Å². The first kappa shape index (κ1) is 7.47. The molecule has 0 saturated carbocycles. The first-order valence-corrected chi connectivity index (χ1v) is 5.08. The van der Waals surface area contributed by atoms with Gasteiger partial charge in [-0.05, 0) is 31.5 Å². The van der Waals surface area contributed by atoms with Crippen LogP contribution in [0.5, 0.6) is 0 Å². The van der Waals surface area contributed by atoms with Gasteiger partial charge >= 0.3 is 0 Å². The van der Waals surface area contributed by atoms with Gasteiger partial charge in [0.15, 0.2) is 0 Å². The van der Waals surface area contributed by atoms with Gasteiger partial charge in [-0.2, -0.15) is 0 Å². The molecule has 0 spiro atoms. The summed E-state index contributed by atoms with van der Waals surface area (Å²) in [6.07, 6.45) is 0. The standard InChI is InChI=1S/C8H13NSi/c1-6-3-4-8(5-10)7(2)9-6/h3-4H,5H2,1-2,10H3. The van der Waals surface area contributed by atoms with Crippen LogP contribution < -0.4 is 0 Å². The number of rotatable bonds is 1. The summed E-state index contributed by atoms with van der Waals surface area (Å²) < 4.78 is 0. The number of pyridine rings is 1. The van der Waals surface area contributed by atoms with Crippen LogP contribution in [-0.2, 0) is 6.04 Å². The van der Waals surface area contributed by atoms with Crippen LogP contribution in [-0.4, -0.2) is 15.2 Å². The van der Waals surface area contributed by atoms with E-state index in [4.69, 9.17) is 0 Å². The van der Waals surface area contributed by atoms with Gasteiger partial charge in [0.25, 0.3) is 0 Å². The van der Waals surface area contributed by atoms with Crippen molar-refractivity contribution in [2.24, 2.45) is 0 Å². The normalized spacial score (nSPS) is 10.2. The Labute approximate surface area is 64.9 Å². The fourth-order valence-electron chi connectivity index (χ4n) is 1.09. The van der Waals surface area contributed by atoms with E-state index >= 15 is 0 Å². The highest BCUT2D eigenvalue weighted by molar-refractivity contribution is 6.08. The molecule has 1 rings (SSSR count). The van der Waals surface area contributed by atoms with Gasteiger partial charge in [0.2, 0.25) is 0 Å². The molecule has 1 nitrogen and oxygen atoms in total. The third-order valence-electron chi connectivity index (χ3n) is 1.72. The predicted molar refractivity (Wildman–Crippen MR) is 47.4 cm³/mol. The highest BCUT2D eigenvalue weighted by atomic mass is 28.1. The molecule has 0 amide bonds. The summed E-state index contributed by atoms with van der Waals surface area (Å²) in [5, 5.41) is 0. The second kappa shape index (κ2) is 2.97. The van der Waals surface area contributed by atoms with Gasteiger partial charge in [0, 0.05) is 21.6 Å². The monoisotopic (exact) mass is 151 g/mol. The number of aryl methyl sites for hydroxylation is 2. The number of hydrogen-bond acceptors (Lipinski definition) is 1. The molecule has 1 heterocycles. The molecule has 2 heteroatoms. The second-order valence-corrected chi connectivity index (χ2v) is 3.26. The van der Waals surface area contributed by atoms with Crippen molar-refractivity contribution in [3.63, 3.8) is 0 Å². The quantitative estimate of drug-likeness (QED) is 0.535. The molecule has 0 radical (unpaired) electrons. The molecule has 0 aliphatic carbocycles. The van der Waals surface area contributed by atoms with E-state index in [1.54, 1.807) is 0 Å². The molecule has 0 aliphatic heterocycles. The van der Waals surface area contributed by atoms with Crippen molar-refractivity contribution >= 4 is 10.2 Å². The molecule has 0 bridgehead atoms. The Balaban J connectivity index is 3.07. The zero-order valence-corrected chi connectivity index (χ0v) is 8.81. The average molecular weight is 151 g/mol. The highest BCUT2D eigenvalue weighted by Crippen LogP contribution is 2.04. The molecule has 1 aromatic rings. The Hall–Kier alpha value is -0.633. The molecule has 0 atom stereocenters. The van der Waals surface area contributed by atoms with Crippen molar-refractivity contribution in [1.29, 1.82) is 0 Å². The summed E-state index contributed by atoms with van der Waals surface area (Å²) in [7, 11) is 1.23. The van der Waals surface area contributed by atoms with Crippen LogP contribution in [0.4, 0.5) is 0 Å². The Morgan fingerprint density at radius 2 is 2.10 bits per heavy atom. The fraction of sp³-hybridized carbons (Fsp3) is 0.375.